The summed E-state index contributed by atoms with van der Waals surface area (Å²) in [5, 5.41) is 7.80. The molecule has 0 saturated heterocycles. The van der Waals surface area contributed by atoms with Gasteiger partial charge in [-0.2, -0.15) is 9.13 Å². The van der Waals surface area contributed by atoms with Gasteiger partial charge in [0.25, 0.3) is 5.82 Å². The number of fused-ring (bicyclic) bond motifs is 14. The fraction of sp³-hybridized carbons (Fsp3) is 0.0222. The summed E-state index contributed by atoms with van der Waals surface area (Å²) in [6.45, 7) is 0. The number of nitrogens with zero attached hydrogens (tertiary/aromatic N) is 5. The molecule has 1 unspecified atom stereocenters. The van der Waals surface area contributed by atoms with E-state index >= 15 is 0 Å². The van der Waals surface area contributed by atoms with E-state index in [-0.39, 0.29) is 0 Å². The summed E-state index contributed by atoms with van der Waals surface area (Å²) in [7, 11) is 0. The third-order valence-electron chi connectivity index (χ3n) is 12.0. The Kier molecular flexibility index (Phi) is 4.13. The van der Waals surface area contributed by atoms with Crippen LogP contribution in [0.4, 0.5) is 0 Å². The topological polar surface area (TPSA) is 22.5 Å². The minimum absolute atomic E-state index is 0.658. The molecule has 6 aromatic carbocycles. The number of rotatable bonds is 1. The molecule has 1 spiro atoms. The summed E-state index contributed by atoms with van der Waals surface area (Å²) in [6.07, 6.45) is 7.07. The predicted octanol–water partition coefficient (Wildman–Crippen LogP) is 9.52. The lowest BCUT2D eigenvalue weighted by atomic mass is 9.82. The summed E-state index contributed by atoms with van der Waals surface area (Å²) >= 11 is 1.88. The lowest BCUT2D eigenvalue weighted by Gasteiger charge is -2.33. The van der Waals surface area contributed by atoms with Gasteiger partial charge in [0, 0.05) is 47.8 Å². The lowest BCUT2D eigenvalue weighted by molar-refractivity contribution is -0.993. The molecule has 0 amide bonds. The Morgan fingerprint density at radius 1 is 0.510 bits per heavy atom. The predicted molar refractivity (Wildman–Crippen MR) is 205 cm³/mol. The summed E-state index contributed by atoms with van der Waals surface area (Å²) in [6, 6.07) is 49.7. The van der Waals surface area contributed by atoms with Gasteiger partial charge in [-0.05, 0) is 66.2 Å². The molecule has 6 heteroatoms. The van der Waals surface area contributed by atoms with Crippen LogP contribution < -0.4 is 9.25 Å². The average Bonchev–Trinajstić information content (AvgIpc) is 3.98. The zero-order valence-corrected chi connectivity index (χ0v) is 27.9. The second kappa shape index (κ2) is 8.27. The van der Waals surface area contributed by atoms with Gasteiger partial charge in [0.15, 0.2) is 5.52 Å². The summed E-state index contributed by atoms with van der Waals surface area (Å²) in [5.74, 6) is 1.16. The normalized spacial score (nSPS) is 16.3. The van der Waals surface area contributed by atoms with Crippen molar-refractivity contribution in [3.05, 3.63) is 163 Å². The van der Waals surface area contributed by atoms with Crippen molar-refractivity contribution in [2.45, 2.75) is 5.66 Å². The monoisotopic (exact) mass is 667 g/mol. The van der Waals surface area contributed by atoms with E-state index < -0.39 is 5.66 Å². The van der Waals surface area contributed by atoms with Gasteiger partial charge >= 0.3 is 5.66 Å². The minimum Gasteiger partial charge on any atom is -0.307 e. The number of aromatic nitrogens is 5. The molecular weight excluding hydrogens is 643 g/mol. The van der Waals surface area contributed by atoms with Crippen molar-refractivity contribution in [1.82, 2.24) is 13.8 Å². The maximum Gasteiger partial charge on any atom is 0.394 e. The first-order valence-corrected chi connectivity index (χ1v) is 18.3. The molecule has 8 heterocycles. The van der Waals surface area contributed by atoms with Crippen LogP contribution in [0.1, 0.15) is 11.1 Å². The highest BCUT2D eigenvalue weighted by molar-refractivity contribution is 7.25. The maximum absolute atomic E-state index is 2.55. The van der Waals surface area contributed by atoms with Crippen LogP contribution in [-0.4, -0.2) is 13.8 Å². The molecule has 0 N–H and O–H groups in total. The Labute approximate surface area is 294 Å². The van der Waals surface area contributed by atoms with Crippen LogP contribution >= 0.6 is 11.3 Å². The number of hydrogen-bond donors (Lipinski definition) is 0. The zero-order valence-electron chi connectivity index (χ0n) is 27.1. The highest BCUT2D eigenvalue weighted by atomic mass is 32.1. The van der Waals surface area contributed by atoms with Crippen LogP contribution in [0.15, 0.2) is 152 Å². The molecule has 5 aromatic heterocycles. The van der Waals surface area contributed by atoms with Crippen molar-refractivity contribution in [1.29, 1.82) is 0 Å². The van der Waals surface area contributed by atoms with Crippen molar-refractivity contribution >= 4 is 75.1 Å². The second-order valence-corrected chi connectivity index (χ2v) is 15.3. The van der Waals surface area contributed by atoms with Crippen molar-refractivity contribution in [2.75, 3.05) is 0 Å². The summed E-state index contributed by atoms with van der Waals surface area (Å²) < 4.78 is 15.2. The van der Waals surface area contributed by atoms with E-state index in [2.05, 4.69) is 175 Å². The second-order valence-electron chi connectivity index (χ2n) is 14.2. The largest absolute Gasteiger partial charge is 0.394 e. The Hall–Kier alpha value is -6.50. The zero-order chi connectivity index (χ0) is 32.7. The summed E-state index contributed by atoms with van der Waals surface area (Å²) in [4.78, 5) is 0. The standard InChI is InChI=1S/C45H25N5S/c1-4-12-34-28(9-1)32-18-20-36-41-43(32)49(34)37-21-19-33-29-10-2-5-13-35(29)50-40-15-7-8-22-46(40)45(41,42(37)44(33)50)48-25-27(24-47(36)48)26-16-17-31-30-11-3-6-14-38(30)51-39(31)23-26/h1-25H/q+2. The van der Waals surface area contributed by atoms with Gasteiger partial charge in [-0.3, -0.25) is 0 Å². The van der Waals surface area contributed by atoms with Gasteiger partial charge in [-0.25, -0.2) is 0 Å². The molecule has 0 saturated carbocycles. The first-order valence-electron chi connectivity index (χ1n) is 17.5. The molecule has 5 nitrogen and oxygen atoms in total. The molecule has 3 aliphatic rings. The fourth-order valence-corrected chi connectivity index (χ4v) is 11.3. The molecule has 0 aliphatic carbocycles. The van der Waals surface area contributed by atoms with E-state index in [0.717, 1.165) is 5.82 Å². The van der Waals surface area contributed by atoms with Crippen molar-refractivity contribution in [2.24, 2.45) is 0 Å². The van der Waals surface area contributed by atoms with Gasteiger partial charge in [0.1, 0.15) is 22.3 Å². The number of hydrogen-bond acceptors (Lipinski definition) is 1. The molecule has 0 fully saturated rings. The van der Waals surface area contributed by atoms with Crippen molar-refractivity contribution < 1.29 is 9.25 Å². The van der Waals surface area contributed by atoms with Crippen LogP contribution in [0.2, 0.25) is 0 Å². The highest BCUT2D eigenvalue weighted by Crippen LogP contribution is 2.54. The molecule has 3 aliphatic heterocycles. The quantitative estimate of drug-likeness (QED) is 0.156. The van der Waals surface area contributed by atoms with Crippen LogP contribution in [0.3, 0.4) is 0 Å². The number of thiophene rings is 1. The molecule has 0 radical (unpaired) electrons. The maximum atomic E-state index is 2.55. The van der Waals surface area contributed by atoms with E-state index in [1.165, 1.54) is 97.4 Å². The Morgan fingerprint density at radius 3 is 2.00 bits per heavy atom. The molecule has 234 valence electrons. The number of para-hydroxylation sites is 2. The van der Waals surface area contributed by atoms with Gasteiger partial charge < -0.3 is 4.57 Å². The lowest BCUT2D eigenvalue weighted by Crippen LogP contribution is -2.76. The Morgan fingerprint density at radius 2 is 1.16 bits per heavy atom. The molecular formula is C45H25N5S+2. The molecule has 14 rings (SSSR count). The van der Waals surface area contributed by atoms with Crippen LogP contribution in [0.5, 0.6) is 0 Å². The Balaban J connectivity index is 1.19. The van der Waals surface area contributed by atoms with E-state index in [1.807, 2.05) is 11.3 Å². The van der Waals surface area contributed by atoms with Crippen LogP contribution in [0, 0.1) is 0 Å². The SMILES string of the molecule is c1cc[n+]2c(c1)-n1c3ccccc3c3ccc4c(c31)C21c2c(ccc3c5ccccc5n-4c23)-n2cc(-c3ccc4c(c3)sc3ccccc34)c[n+]21. The van der Waals surface area contributed by atoms with Crippen LogP contribution in [-0.2, 0) is 5.66 Å². The highest BCUT2D eigenvalue weighted by Gasteiger charge is 2.68. The van der Waals surface area contributed by atoms with Gasteiger partial charge in [-0.1, -0.05) is 71.4 Å². The number of benzene rings is 6. The van der Waals surface area contributed by atoms with Gasteiger partial charge in [0.2, 0.25) is 6.20 Å². The fourth-order valence-electron chi connectivity index (χ4n) is 10.2. The van der Waals surface area contributed by atoms with E-state index in [9.17, 15) is 0 Å². The van der Waals surface area contributed by atoms with Crippen molar-refractivity contribution in [3.63, 3.8) is 0 Å². The van der Waals surface area contributed by atoms with E-state index in [0.29, 0.717) is 0 Å². The smallest absolute Gasteiger partial charge is 0.307 e. The third kappa shape index (κ3) is 2.64. The first-order chi connectivity index (χ1) is 25.3. The van der Waals surface area contributed by atoms with Crippen LogP contribution in [0.25, 0.3) is 92.1 Å². The molecule has 1 atom stereocenters. The van der Waals surface area contributed by atoms with Gasteiger partial charge in [0.05, 0.1) is 34.7 Å². The Bertz CT molecular complexity index is 3440. The summed E-state index contributed by atoms with van der Waals surface area (Å²) in [5.41, 5.74) is 11.9. The average molecular weight is 668 g/mol. The number of pyridine rings is 1. The van der Waals surface area contributed by atoms with E-state index in [4.69, 9.17) is 0 Å². The molecule has 0 bridgehead atoms. The third-order valence-corrected chi connectivity index (χ3v) is 13.2. The van der Waals surface area contributed by atoms with Crippen molar-refractivity contribution in [3.8, 4) is 28.3 Å². The first kappa shape index (κ1) is 25.5. The van der Waals surface area contributed by atoms with Gasteiger partial charge in [-0.15, -0.1) is 16.0 Å². The molecule has 11 aromatic rings. The molecule has 51 heavy (non-hydrogen) atoms. The van der Waals surface area contributed by atoms with E-state index in [1.54, 1.807) is 0 Å². The minimum atomic E-state index is -0.658.